The predicted octanol–water partition coefficient (Wildman–Crippen LogP) is 0.534. The molecule has 11 heavy (non-hydrogen) atoms. The molecule has 56 valence electrons. The third-order valence-electron chi connectivity index (χ3n) is 1.04. The lowest BCUT2D eigenvalue weighted by atomic mass is 10.3. The van der Waals surface area contributed by atoms with E-state index in [0.717, 1.165) is 0 Å². The van der Waals surface area contributed by atoms with Crippen molar-refractivity contribution in [3.05, 3.63) is 23.9 Å². The van der Waals surface area contributed by atoms with Crippen LogP contribution in [0.4, 0.5) is 0 Å². The summed E-state index contributed by atoms with van der Waals surface area (Å²) in [5.74, 6) is 0. The molecular formula is C6H4N2O2S. The van der Waals surface area contributed by atoms with Gasteiger partial charge in [-0.25, -0.2) is 9.19 Å². The average molecular weight is 168 g/mol. The van der Waals surface area contributed by atoms with Gasteiger partial charge in [0, 0.05) is 6.20 Å². The maximum Gasteiger partial charge on any atom is 0.205 e. The monoisotopic (exact) mass is 168 g/mol. The molecule has 1 unspecified atom stereocenters. The lowest BCUT2D eigenvalue weighted by Crippen LogP contribution is -1.91. The molecule has 1 rings (SSSR count). The Labute approximate surface area is 65.8 Å². The first kappa shape index (κ1) is 7.85. The second-order valence-corrected chi connectivity index (χ2v) is 2.66. The van der Waals surface area contributed by atoms with Crippen LogP contribution in [0.3, 0.4) is 0 Å². The van der Waals surface area contributed by atoms with Gasteiger partial charge >= 0.3 is 0 Å². The number of aromatic nitrogens is 1. The molecular weight excluding hydrogens is 164 g/mol. The van der Waals surface area contributed by atoms with E-state index in [2.05, 4.69) is 4.98 Å². The zero-order valence-electron chi connectivity index (χ0n) is 5.39. The van der Waals surface area contributed by atoms with Crippen LogP contribution < -0.4 is 0 Å². The summed E-state index contributed by atoms with van der Waals surface area (Å²) in [7, 11) is 0. The average Bonchev–Trinajstić information content (AvgIpc) is 2.05. The molecule has 1 aromatic heterocycles. The number of hydrogen-bond acceptors (Lipinski definition) is 3. The molecule has 1 N–H and O–H groups in total. The summed E-state index contributed by atoms with van der Waals surface area (Å²) in [4.78, 5) is 3.58. The molecule has 0 aliphatic heterocycles. The highest BCUT2D eigenvalue weighted by Crippen LogP contribution is 2.01. The van der Waals surface area contributed by atoms with Gasteiger partial charge in [0.15, 0.2) is 5.03 Å². The number of pyridine rings is 1. The quantitative estimate of drug-likeness (QED) is 0.621. The van der Waals surface area contributed by atoms with Crippen molar-refractivity contribution < 1.29 is 8.76 Å². The minimum Gasteiger partial charge on any atom is -0.301 e. The van der Waals surface area contributed by atoms with Gasteiger partial charge in [0.1, 0.15) is 6.07 Å². The van der Waals surface area contributed by atoms with Crippen LogP contribution in [0, 0.1) is 11.3 Å². The van der Waals surface area contributed by atoms with Crippen molar-refractivity contribution in [2.24, 2.45) is 0 Å². The lowest BCUT2D eigenvalue weighted by Gasteiger charge is -1.91. The van der Waals surface area contributed by atoms with Gasteiger partial charge in [0.2, 0.25) is 11.1 Å². The van der Waals surface area contributed by atoms with Gasteiger partial charge in [-0.1, -0.05) is 0 Å². The van der Waals surface area contributed by atoms with Crippen molar-refractivity contribution in [1.82, 2.24) is 4.98 Å². The Morgan fingerprint density at radius 1 is 1.64 bits per heavy atom. The Morgan fingerprint density at radius 3 is 2.73 bits per heavy atom. The molecule has 0 radical (unpaired) electrons. The molecule has 0 fully saturated rings. The zero-order chi connectivity index (χ0) is 8.27. The Morgan fingerprint density at radius 2 is 2.36 bits per heavy atom. The zero-order valence-corrected chi connectivity index (χ0v) is 6.21. The summed E-state index contributed by atoms with van der Waals surface area (Å²) in [5, 5.41) is 8.40. The smallest absolute Gasteiger partial charge is 0.205 e. The molecule has 1 heterocycles. The molecule has 0 bridgehead atoms. The third kappa shape index (κ3) is 1.83. The Kier molecular flexibility index (Phi) is 2.31. The number of nitriles is 1. The van der Waals surface area contributed by atoms with Crippen LogP contribution in [0.5, 0.6) is 0 Å². The fourth-order valence-corrected chi connectivity index (χ4v) is 0.877. The van der Waals surface area contributed by atoms with Crippen LogP contribution in [0.1, 0.15) is 5.56 Å². The normalized spacial score (nSPS) is 12.0. The van der Waals surface area contributed by atoms with E-state index in [-0.39, 0.29) is 5.03 Å². The van der Waals surface area contributed by atoms with E-state index >= 15 is 0 Å². The van der Waals surface area contributed by atoms with Crippen LogP contribution in [-0.2, 0) is 11.1 Å². The van der Waals surface area contributed by atoms with E-state index in [0.29, 0.717) is 5.56 Å². The molecule has 0 aliphatic rings. The van der Waals surface area contributed by atoms with Crippen molar-refractivity contribution in [2.75, 3.05) is 0 Å². The van der Waals surface area contributed by atoms with E-state index in [1.54, 1.807) is 0 Å². The van der Waals surface area contributed by atoms with E-state index in [1.165, 1.54) is 18.3 Å². The minimum absolute atomic E-state index is 0.0593. The number of rotatable bonds is 1. The standard InChI is InChI=1S/C6H4N2O2S/c7-3-5-1-2-6(8-4-5)11(9)10/h1-2,4H,(H,9,10). The largest absolute Gasteiger partial charge is 0.301 e. The first-order chi connectivity index (χ1) is 5.24. The SMILES string of the molecule is N#Cc1ccc(S(=O)O)nc1. The van der Waals surface area contributed by atoms with Gasteiger partial charge in [0.25, 0.3) is 0 Å². The fraction of sp³-hybridized carbons (Fsp3) is 0. The van der Waals surface area contributed by atoms with Gasteiger partial charge in [-0.2, -0.15) is 5.26 Å². The fourth-order valence-electron chi connectivity index (χ4n) is 0.550. The maximum atomic E-state index is 10.4. The van der Waals surface area contributed by atoms with Crippen molar-refractivity contribution >= 4 is 11.1 Å². The molecule has 0 aromatic carbocycles. The molecule has 0 saturated carbocycles. The van der Waals surface area contributed by atoms with E-state index in [4.69, 9.17) is 9.81 Å². The highest BCUT2D eigenvalue weighted by molar-refractivity contribution is 7.79. The van der Waals surface area contributed by atoms with E-state index < -0.39 is 11.1 Å². The van der Waals surface area contributed by atoms with E-state index in [1.807, 2.05) is 6.07 Å². The molecule has 5 heteroatoms. The molecule has 0 spiro atoms. The summed E-state index contributed by atoms with van der Waals surface area (Å²) in [6.45, 7) is 0. The maximum absolute atomic E-state index is 10.4. The molecule has 1 atom stereocenters. The highest BCUT2D eigenvalue weighted by Gasteiger charge is 1.99. The Bertz CT molecular complexity index is 314. The summed E-state index contributed by atoms with van der Waals surface area (Å²) in [6.07, 6.45) is 1.25. The lowest BCUT2D eigenvalue weighted by molar-refractivity contribution is 0.560. The van der Waals surface area contributed by atoms with Crippen LogP contribution in [0.2, 0.25) is 0 Å². The van der Waals surface area contributed by atoms with Gasteiger partial charge in [-0.3, -0.25) is 0 Å². The van der Waals surface area contributed by atoms with Crippen LogP contribution >= 0.6 is 0 Å². The third-order valence-corrected chi connectivity index (χ3v) is 1.64. The van der Waals surface area contributed by atoms with Gasteiger partial charge < -0.3 is 4.55 Å². The summed E-state index contributed by atoms with van der Waals surface area (Å²) in [5.41, 5.74) is 0.374. The number of nitrogens with zero attached hydrogens (tertiary/aromatic N) is 2. The summed E-state index contributed by atoms with van der Waals surface area (Å²) >= 11 is -2.06. The Balaban J connectivity index is 3.03. The predicted molar refractivity (Wildman–Crippen MR) is 38.0 cm³/mol. The van der Waals surface area contributed by atoms with Gasteiger partial charge in [0.05, 0.1) is 5.56 Å². The van der Waals surface area contributed by atoms with Crippen molar-refractivity contribution in [2.45, 2.75) is 5.03 Å². The van der Waals surface area contributed by atoms with Crippen molar-refractivity contribution in [1.29, 1.82) is 5.26 Å². The van der Waals surface area contributed by atoms with Crippen LogP contribution in [0.25, 0.3) is 0 Å². The van der Waals surface area contributed by atoms with Crippen LogP contribution in [0.15, 0.2) is 23.4 Å². The minimum atomic E-state index is -2.06. The molecule has 4 nitrogen and oxygen atoms in total. The summed E-state index contributed by atoms with van der Waals surface area (Å²) < 4.78 is 18.9. The second-order valence-electron chi connectivity index (χ2n) is 1.75. The molecule has 0 amide bonds. The topological polar surface area (TPSA) is 74.0 Å². The van der Waals surface area contributed by atoms with Crippen molar-refractivity contribution in [3.63, 3.8) is 0 Å². The highest BCUT2D eigenvalue weighted by atomic mass is 32.2. The van der Waals surface area contributed by atoms with Gasteiger partial charge in [-0.15, -0.1) is 0 Å². The Hall–Kier alpha value is -1.25. The first-order valence-corrected chi connectivity index (χ1v) is 3.81. The molecule has 1 aromatic rings. The van der Waals surface area contributed by atoms with Gasteiger partial charge in [-0.05, 0) is 12.1 Å². The molecule has 0 aliphatic carbocycles. The summed E-state index contributed by atoms with van der Waals surface area (Å²) in [6, 6.07) is 4.63. The van der Waals surface area contributed by atoms with E-state index in [9.17, 15) is 4.21 Å². The molecule has 0 saturated heterocycles. The second kappa shape index (κ2) is 3.23. The van der Waals surface area contributed by atoms with Crippen LogP contribution in [-0.4, -0.2) is 13.7 Å². The number of hydrogen-bond donors (Lipinski definition) is 1. The van der Waals surface area contributed by atoms with Crippen molar-refractivity contribution in [3.8, 4) is 6.07 Å². The first-order valence-electron chi connectivity index (χ1n) is 2.71.